The molecule has 0 saturated carbocycles. The molecule has 5 heterocycles. The van der Waals surface area contributed by atoms with Gasteiger partial charge in [0.15, 0.2) is 0 Å². The molecule has 4 heteroatoms. The molecule has 0 radical (unpaired) electrons. The second kappa shape index (κ2) is 11.8. The highest BCUT2D eigenvalue weighted by Gasteiger charge is 2.28. The quantitative estimate of drug-likeness (QED) is 0.304. The summed E-state index contributed by atoms with van der Waals surface area (Å²) in [4.78, 5) is 14.7. The van der Waals surface area contributed by atoms with Gasteiger partial charge in [0.1, 0.15) is 0 Å². The zero-order chi connectivity index (χ0) is 29.4. The molecular formula is C37H48N4. The van der Waals surface area contributed by atoms with Crippen LogP contribution in [0.15, 0.2) is 24.3 Å². The number of aromatic amines is 1. The number of aryl methyl sites for hydroxylation is 4. The number of nitrogens with zero attached hydrogens (tertiary/aromatic N) is 3. The third kappa shape index (κ3) is 4.60. The summed E-state index contributed by atoms with van der Waals surface area (Å²) >= 11 is 0. The molecule has 0 spiro atoms. The van der Waals surface area contributed by atoms with Gasteiger partial charge in [0.05, 0.1) is 22.8 Å². The SMILES string of the molecule is CCC1=C(CC)c2nc1cc1ccc(cc3c(CC)c(CC)c(c(CC)c4nc(c2CC)C(CC)=C4CC)n3C)[nH]1. The molecule has 0 saturated heterocycles. The van der Waals surface area contributed by atoms with E-state index in [1.165, 1.54) is 67.0 Å². The van der Waals surface area contributed by atoms with Crippen molar-refractivity contribution in [2.24, 2.45) is 7.05 Å². The largest absolute Gasteiger partial charge is 0.355 e. The fourth-order valence-electron chi connectivity index (χ4n) is 7.44. The molecule has 0 aromatic carbocycles. The van der Waals surface area contributed by atoms with E-state index < -0.39 is 0 Å². The molecule has 1 N–H and O–H groups in total. The zero-order valence-electron chi connectivity index (χ0n) is 26.8. The van der Waals surface area contributed by atoms with E-state index in [-0.39, 0.29) is 0 Å². The first kappa shape index (κ1) is 29.1. The van der Waals surface area contributed by atoms with E-state index in [0.29, 0.717) is 0 Å². The maximum atomic E-state index is 5.61. The summed E-state index contributed by atoms with van der Waals surface area (Å²) in [6.07, 6.45) is 7.78. The van der Waals surface area contributed by atoms with Gasteiger partial charge < -0.3 is 9.55 Å². The standard InChI is InChI=1S/C37H48N4/c1-10-24-26(12-3)34-30(16-7)35-27(13-4)28(14-5)36(40-35)31(17-8)37-29(15-6)25(11-2)33(41(37)9)21-23-19-18-22(38-23)20-32(24)39-34/h18-21,38H,10-17H2,1-9H3. The van der Waals surface area contributed by atoms with Crippen LogP contribution in [0.1, 0.15) is 126 Å². The maximum absolute atomic E-state index is 5.61. The summed E-state index contributed by atoms with van der Waals surface area (Å²) in [5.74, 6) is 0. The van der Waals surface area contributed by atoms with Crippen LogP contribution in [-0.4, -0.2) is 19.5 Å². The van der Waals surface area contributed by atoms with Crippen LogP contribution in [0.4, 0.5) is 0 Å². The van der Waals surface area contributed by atoms with Gasteiger partial charge in [0, 0.05) is 40.2 Å². The van der Waals surface area contributed by atoms with Crippen LogP contribution in [-0.2, 0) is 32.7 Å². The first-order valence-electron chi connectivity index (χ1n) is 16.1. The van der Waals surface area contributed by atoms with Crippen molar-refractivity contribution >= 4 is 44.4 Å². The van der Waals surface area contributed by atoms with E-state index in [9.17, 15) is 0 Å². The average Bonchev–Trinajstić information content (AvgIpc) is 3.73. The average molecular weight is 549 g/mol. The van der Waals surface area contributed by atoms with Crippen LogP contribution >= 0.6 is 0 Å². The highest BCUT2D eigenvalue weighted by Crippen LogP contribution is 2.43. The van der Waals surface area contributed by atoms with Gasteiger partial charge >= 0.3 is 0 Å². The number of H-pyrrole nitrogens is 1. The van der Waals surface area contributed by atoms with E-state index >= 15 is 0 Å². The van der Waals surface area contributed by atoms with Crippen molar-refractivity contribution in [1.82, 2.24) is 19.5 Å². The Labute approximate surface area is 246 Å². The lowest BCUT2D eigenvalue weighted by Crippen LogP contribution is -1.99. The predicted molar refractivity (Wildman–Crippen MR) is 178 cm³/mol. The Kier molecular flexibility index (Phi) is 8.40. The summed E-state index contributed by atoms with van der Waals surface area (Å²) in [6.45, 7) is 18.3. The maximum Gasteiger partial charge on any atom is 0.0726 e. The van der Waals surface area contributed by atoms with Gasteiger partial charge in [-0.1, -0.05) is 55.4 Å². The Morgan fingerprint density at radius 1 is 0.537 bits per heavy atom. The van der Waals surface area contributed by atoms with Crippen LogP contribution in [0.5, 0.6) is 0 Å². The van der Waals surface area contributed by atoms with Gasteiger partial charge in [0.25, 0.3) is 0 Å². The smallest absolute Gasteiger partial charge is 0.0726 e. The van der Waals surface area contributed by atoms with Crippen molar-refractivity contribution in [3.8, 4) is 0 Å². The van der Waals surface area contributed by atoms with Gasteiger partial charge in [0.2, 0.25) is 0 Å². The Bertz CT molecular complexity index is 1720. The van der Waals surface area contributed by atoms with Crippen molar-refractivity contribution in [3.63, 3.8) is 0 Å². The van der Waals surface area contributed by atoms with E-state index in [1.54, 1.807) is 0 Å². The number of nitrogens with one attached hydrogen (secondary N) is 1. The summed E-state index contributed by atoms with van der Waals surface area (Å²) < 4.78 is 2.45. The molecule has 0 atom stereocenters. The summed E-state index contributed by atoms with van der Waals surface area (Å²) in [7, 11) is 2.25. The molecular weight excluding hydrogens is 500 g/mol. The number of allylic oxidation sites excluding steroid dienone is 4. The molecule has 216 valence electrons. The molecule has 41 heavy (non-hydrogen) atoms. The molecule has 0 unspecified atom stereocenters. The topological polar surface area (TPSA) is 46.5 Å². The van der Waals surface area contributed by atoms with Crippen LogP contribution in [0.25, 0.3) is 44.4 Å². The summed E-state index contributed by atoms with van der Waals surface area (Å²) in [6, 6.07) is 8.99. The van der Waals surface area contributed by atoms with E-state index in [1.807, 2.05) is 0 Å². The molecule has 8 bridgehead atoms. The molecule has 4 nitrogen and oxygen atoms in total. The lowest BCUT2D eigenvalue weighted by Gasteiger charge is -2.11. The Hall–Kier alpha value is -3.40. The molecule has 0 fully saturated rings. The minimum atomic E-state index is 0.913. The van der Waals surface area contributed by atoms with Crippen LogP contribution in [0.2, 0.25) is 0 Å². The highest BCUT2D eigenvalue weighted by atomic mass is 14.9. The minimum Gasteiger partial charge on any atom is -0.355 e. The van der Waals surface area contributed by atoms with Crippen LogP contribution in [0.3, 0.4) is 0 Å². The second-order valence-corrected chi connectivity index (χ2v) is 11.3. The van der Waals surface area contributed by atoms with Gasteiger partial charge in [-0.25, -0.2) is 9.97 Å². The van der Waals surface area contributed by atoms with Gasteiger partial charge in [-0.3, -0.25) is 0 Å². The fourth-order valence-corrected chi connectivity index (χ4v) is 7.44. The van der Waals surface area contributed by atoms with Crippen molar-refractivity contribution in [3.05, 3.63) is 69.3 Å². The van der Waals surface area contributed by atoms with Crippen molar-refractivity contribution in [1.29, 1.82) is 0 Å². The lowest BCUT2D eigenvalue weighted by atomic mass is 9.92. The van der Waals surface area contributed by atoms with E-state index in [4.69, 9.17) is 9.97 Å². The number of hydrogen-bond donors (Lipinski definition) is 1. The number of aromatic nitrogens is 4. The van der Waals surface area contributed by atoms with Crippen LogP contribution < -0.4 is 0 Å². The number of fused-ring (bicyclic) bond motifs is 8. The minimum absolute atomic E-state index is 0.913. The lowest BCUT2D eigenvalue weighted by molar-refractivity contribution is 0.973. The van der Waals surface area contributed by atoms with Crippen molar-refractivity contribution < 1.29 is 0 Å². The molecule has 5 rings (SSSR count). The molecule has 3 aromatic rings. The number of rotatable bonds is 8. The van der Waals surface area contributed by atoms with E-state index in [0.717, 1.165) is 73.8 Å². The van der Waals surface area contributed by atoms with Crippen molar-refractivity contribution in [2.45, 2.75) is 107 Å². The zero-order valence-corrected chi connectivity index (χ0v) is 26.8. The molecule has 0 aliphatic carbocycles. The Morgan fingerprint density at radius 2 is 1.02 bits per heavy atom. The molecule has 3 aromatic heterocycles. The molecule has 2 aliphatic heterocycles. The van der Waals surface area contributed by atoms with Crippen molar-refractivity contribution in [2.75, 3.05) is 0 Å². The normalized spacial score (nSPS) is 13.6. The molecule has 2 aliphatic rings. The third-order valence-electron chi connectivity index (χ3n) is 9.29. The van der Waals surface area contributed by atoms with Gasteiger partial charge in [-0.15, -0.1) is 0 Å². The Morgan fingerprint density at radius 3 is 1.56 bits per heavy atom. The van der Waals surface area contributed by atoms with Crippen LogP contribution in [0, 0.1) is 0 Å². The van der Waals surface area contributed by atoms with Gasteiger partial charge in [-0.2, -0.15) is 0 Å². The predicted octanol–water partition coefficient (Wildman–Crippen LogP) is 10.0. The fraction of sp³-hybridized carbons (Fsp3) is 0.459. The first-order valence-corrected chi connectivity index (χ1v) is 16.1. The third-order valence-corrected chi connectivity index (χ3v) is 9.29. The summed E-state index contributed by atoms with van der Waals surface area (Å²) in [5.41, 5.74) is 20.7. The highest BCUT2D eigenvalue weighted by molar-refractivity contribution is 5.98. The second-order valence-electron chi connectivity index (χ2n) is 11.3. The molecule has 0 amide bonds. The first-order chi connectivity index (χ1) is 19.9. The Balaban J connectivity index is 2.12. The summed E-state index contributed by atoms with van der Waals surface area (Å²) in [5, 5.41) is 0. The van der Waals surface area contributed by atoms with Gasteiger partial charge in [-0.05, 0) is 109 Å². The monoisotopic (exact) mass is 548 g/mol. The number of hydrogen-bond acceptors (Lipinski definition) is 2. The van der Waals surface area contributed by atoms with E-state index in [2.05, 4.69) is 96.3 Å².